The quantitative estimate of drug-likeness (QED) is 0.719. The van der Waals surface area contributed by atoms with Crippen LogP contribution in [-0.2, 0) is 11.3 Å². The standard InChI is InChI=1S/C18H23N5O2S/c1-12(20-18(25)15-11-26-16(10-19)22-15)17(24)21-13-5-4-6-14(9-13)23-7-2-3-8-23/h4-6,9,11-12H,2-3,7-8,10,19H2,1H3,(H,20,25)(H,21,24). The first-order valence-electron chi connectivity index (χ1n) is 8.68. The average Bonchev–Trinajstić information content (AvgIpc) is 3.33. The zero-order valence-electron chi connectivity index (χ0n) is 14.7. The Balaban J connectivity index is 1.58. The summed E-state index contributed by atoms with van der Waals surface area (Å²) in [6.45, 7) is 4.03. The van der Waals surface area contributed by atoms with Crippen molar-refractivity contribution in [2.24, 2.45) is 5.73 Å². The molecule has 1 aromatic carbocycles. The summed E-state index contributed by atoms with van der Waals surface area (Å²) in [5.41, 5.74) is 7.62. The van der Waals surface area contributed by atoms with Gasteiger partial charge in [0.15, 0.2) is 0 Å². The lowest BCUT2D eigenvalue weighted by molar-refractivity contribution is -0.117. The number of rotatable bonds is 6. The van der Waals surface area contributed by atoms with Crippen LogP contribution in [0.15, 0.2) is 29.6 Å². The van der Waals surface area contributed by atoms with E-state index in [1.54, 1.807) is 12.3 Å². The number of nitrogens with zero attached hydrogens (tertiary/aromatic N) is 2. The van der Waals surface area contributed by atoms with Crippen LogP contribution in [0.3, 0.4) is 0 Å². The van der Waals surface area contributed by atoms with Crippen LogP contribution in [-0.4, -0.2) is 35.9 Å². The van der Waals surface area contributed by atoms with Crippen molar-refractivity contribution in [3.63, 3.8) is 0 Å². The molecule has 1 fully saturated rings. The van der Waals surface area contributed by atoms with Gasteiger partial charge >= 0.3 is 0 Å². The number of hydrogen-bond acceptors (Lipinski definition) is 6. The first-order valence-corrected chi connectivity index (χ1v) is 9.56. The van der Waals surface area contributed by atoms with E-state index >= 15 is 0 Å². The molecular formula is C18H23N5O2S. The molecule has 3 rings (SSSR count). The molecule has 1 atom stereocenters. The average molecular weight is 373 g/mol. The van der Waals surface area contributed by atoms with Crippen LogP contribution in [0.2, 0.25) is 0 Å². The number of nitrogens with one attached hydrogen (secondary N) is 2. The summed E-state index contributed by atoms with van der Waals surface area (Å²) in [6.07, 6.45) is 2.39. The first kappa shape index (κ1) is 18.3. The lowest BCUT2D eigenvalue weighted by Gasteiger charge is -2.19. The molecule has 4 N–H and O–H groups in total. The molecule has 0 spiro atoms. The Morgan fingerprint density at radius 3 is 2.81 bits per heavy atom. The van der Waals surface area contributed by atoms with E-state index in [9.17, 15) is 9.59 Å². The number of amides is 2. The number of carbonyl (C=O) groups excluding carboxylic acids is 2. The summed E-state index contributed by atoms with van der Waals surface area (Å²) < 4.78 is 0. The maximum atomic E-state index is 12.4. The zero-order valence-corrected chi connectivity index (χ0v) is 15.5. The van der Waals surface area contributed by atoms with E-state index in [4.69, 9.17) is 5.73 Å². The SMILES string of the molecule is CC(NC(=O)c1csc(CN)n1)C(=O)Nc1cccc(N2CCCC2)c1. The molecule has 7 nitrogen and oxygen atoms in total. The van der Waals surface area contributed by atoms with E-state index in [1.807, 2.05) is 24.3 Å². The van der Waals surface area contributed by atoms with Crippen molar-refractivity contribution < 1.29 is 9.59 Å². The molecule has 1 saturated heterocycles. The van der Waals surface area contributed by atoms with E-state index in [0.29, 0.717) is 11.6 Å². The molecule has 2 amide bonds. The van der Waals surface area contributed by atoms with Gasteiger partial charge in [-0.2, -0.15) is 0 Å². The number of aromatic nitrogens is 1. The molecule has 26 heavy (non-hydrogen) atoms. The van der Waals surface area contributed by atoms with Crippen LogP contribution < -0.4 is 21.3 Å². The van der Waals surface area contributed by atoms with Crippen molar-refractivity contribution in [2.75, 3.05) is 23.3 Å². The van der Waals surface area contributed by atoms with Crippen LogP contribution in [0, 0.1) is 0 Å². The summed E-state index contributed by atoms with van der Waals surface area (Å²) in [5.74, 6) is -0.652. The Bertz CT molecular complexity index is 785. The van der Waals surface area contributed by atoms with Crippen molar-refractivity contribution in [3.8, 4) is 0 Å². The monoisotopic (exact) mass is 373 g/mol. The minimum absolute atomic E-state index is 0.272. The zero-order chi connectivity index (χ0) is 18.5. The predicted octanol–water partition coefficient (Wildman–Crippen LogP) is 1.96. The van der Waals surface area contributed by atoms with Crippen LogP contribution in [0.1, 0.15) is 35.3 Å². The van der Waals surface area contributed by atoms with Gasteiger partial charge in [0.1, 0.15) is 16.7 Å². The Kier molecular flexibility index (Phi) is 5.85. The van der Waals surface area contributed by atoms with Crippen molar-refractivity contribution in [2.45, 2.75) is 32.4 Å². The second kappa shape index (κ2) is 8.29. The largest absolute Gasteiger partial charge is 0.371 e. The lowest BCUT2D eigenvalue weighted by Crippen LogP contribution is -2.41. The van der Waals surface area contributed by atoms with E-state index in [1.165, 1.54) is 24.2 Å². The fourth-order valence-electron chi connectivity index (χ4n) is 2.85. The van der Waals surface area contributed by atoms with Gasteiger partial charge in [0.2, 0.25) is 5.91 Å². The maximum Gasteiger partial charge on any atom is 0.271 e. The lowest BCUT2D eigenvalue weighted by atomic mass is 10.2. The van der Waals surface area contributed by atoms with Crippen molar-refractivity contribution in [3.05, 3.63) is 40.3 Å². The van der Waals surface area contributed by atoms with Gasteiger partial charge in [-0.1, -0.05) is 6.07 Å². The van der Waals surface area contributed by atoms with Gasteiger partial charge < -0.3 is 21.3 Å². The van der Waals surface area contributed by atoms with Gasteiger partial charge in [-0.3, -0.25) is 9.59 Å². The summed E-state index contributed by atoms with van der Waals surface area (Å²) in [6, 6.07) is 7.10. The fraction of sp³-hybridized carbons (Fsp3) is 0.389. The molecule has 0 saturated carbocycles. The Morgan fingerprint density at radius 2 is 2.12 bits per heavy atom. The summed E-state index contributed by atoms with van der Waals surface area (Å²) in [7, 11) is 0. The highest BCUT2D eigenvalue weighted by atomic mass is 32.1. The van der Waals surface area contributed by atoms with Gasteiger partial charge in [-0.25, -0.2) is 4.98 Å². The molecule has 2 heterocycles. The van der Waals surface area contributed by atoms with Crippen LogP contribution in [0.25, 0.3) is 0 Å². The topological polar surface area (TPSA) is 100 Å². The van der Waals surface area contributed by atoms with Gasteiger partial charge in [-0.15, -0.1) is 11.3 Å². The van der Waals surface area contributed by atoms with Gasteiger partial charge in [0, 0.05) is 36.4 Å². The van der Waals surface area contributed by atoms with E-state index in [0.717, 1.165) is 24.5 Å². The number of benzene rings is 1. The third kappa shape index (κ3) is 4.39. The Morgan fingerprint density at radius 1 is 1.35 bits per heavy atom. The molecule has 0 radical (unpaired) electrons. The molecule has 0 aliphatic carbocycles. The number of nitrogens with two attached hydrogens (primary N) is 1. The van der Waals surface area contributed by atoms with Gasteiger partial charge in [0.05, 0.1) is 0 Å². The predicted molar refractivity (Wildman–Crippen MR) is 103 cm³/mol. The minimum atomic E-state index is -0.680. The van der Waals surface area contributed by atoms with Crippen molar-refractivity contribution in [1.29, 1.82) is 0 Å². The normalized spacial score (nSPS) is 14.9. The molecule has 138 valence electrons. The molecule has 2 aromatic rings. The van der Waals surface area contributed by atoms with Crippen molar-refractivity contribution in [1.82, 2.24) is 10.3 Å². The molecule has 1 aliphatic heterocycles. The third-order valence-corrected chi connectivity index (χ3v) is 5.16. The van der Waals surface area contributed by atoms with Crippen LogP contribution >= 0.6 is 11.3 Å². The second-order valence-electron chi connectivity index (χ2n) is 6.26. The molecule has 1 aromatic heterocycles. The summed E-state index contributed by atoms with van der Waals surface area (Å²) in [5, 5.41) is 7.85. The summed E-state index contributed by atoms with van der Waals surface area (Å²) >= 11 is 1.33. The van der Waals surface area contributed by atoms with Crippen molar-refractivity contribution >= 4 is 34.5 Å². The number of anilines is 2. The van der Waals surface area contributed by atoms with E-state index in [-0.39, 0.29) is 17.5 Å². The number of hydrogen-bond donors (Lipinski definition) is 3. The van der Waals surface area contributed by atoms with E-state index in [2.05, 4.69) is 20.5 Å². The molecule has 0 bridgehead atoms. The molecule has 1 unspecified atom stereocenters. The summed E-state index contributed by atoms with van der Waals surface area (Å²) in [4.78, 5) is 31.0. The maximum absolute atomic E-state index is 12.4. The highest BCUT2D eigenvalue weighted by Gasteiger charge is 2.19. The molecular weight excluding hydrogens is 350 g/mol. The van der Waals surface area contributed by atoms with Crippen LogP contribution in [0.4, 0.5) is 11.4 Å². The second-order valence-corrected chi connectivity index (χ2v) is 7.20. The van der Waals surface area contributed by atoms with Crippen LogP contribution in [0.5, 0.6) is 0 Å². The highest BCUT2D eigenvalue weighted by Crippen LogP contribution is 2.23. The first-order chi connectivity index (χ1) is 12.6. The Hall–Kier alpha value is -2.45. The molecule has 8 heteroatoms. The highest BCUT2D eigenvalue weighted by molar-refractivity contribution is 7.09. The Labute approximate surface area is 156 Å². The third-order valence-electron chi connectivity index (χ3n) is 4.28. The minimum Gasteiger partial charge on any atom is -0.371 e. The van der Waals surface area contributed by atoms with Gasteiger partial charge in [-0.05, 0) is 38.0 Å². The van der Waals surface area contributed by atoms with Gasteiger partial charge in [0.25, 0.3) is 5.91 Å². The number of carbonyl (C=O) groups is 2. The number of thiazole rings is 1. The van der Waals surface area contributed by atoms with E-state index < -0.39 is 6.04 Å². The smallest absolute Gasteiger partial charge is 0.271 e. The fourth-order valence-corrected chi connectivity index (χ4v) is 3.51. The molecule has 1 aliphatic rings.